The minimum Gasteiger partial charge on any atom is -0.338 e. The van der Waals surface area contributed by atoms with Crippen molar-refractivity contribution < 1.29 is 13.2 Å². The van der Waals surface area contributed by atoms with Crippen molar-refractivity contribution in [1.29, 1.82) is 0 Å². The van der Waals surface area contributed by atoms with Gasteiger partial charge in [-0.2, -0.15) is 13.2 Å². The number of rotatable bonds is 7. The maximum atomic E-state index is 13.0. The van der Waals surface area contributed by atoms with Crippen LogP contribution in [0.5, 0.6) is 0 Å². The molecule has 0 bridgehead atoms. The van der Waals surface area contributed by atoms with Crippen LogP contribution in [0.25, 0.3) is 10.3 Å². The number of alkyl halides is 3. The quantitative estimate of drug-likeness (QED) is 0.252. The number of benzene rings is 2. The summed E-state index contributed by atoms with van der Waals surface area (Å²) in [7, 11) is 0. The summed E-state index contributed by atoms with van der Waals surface area (Å²) in [4.78, 5) is 14.9. The number of anilines is 2. The Morgan fingerprint density at radius 2 is 1.78 bits per heavy atom. The zero-order chi connectivity index (χ0) is 25.3. The lowest BCUT2D eigenvalue weighted by atomic mass is 10.0. The SMILES string of the molecule is FC(F)(F)c1ccc(Nc2nc(CC[C@@H]3CCNC3)nc3sc(Cc4c(Cl)cccc4Cl)nc23)cc1. The van der Waals surface area contributed by atoms with E-state index in [9.17, 15) is 13.2 Å². The molecule has 188 valence electrons. The molecule has 36 heavy (non-hydrogen) atoms. The maximum absolute atomic E-state index is 13.0. The third kappa shape index (κ3) is 5.75. The molecule has 0 amide bonds. The summed E-state index contributed by atoms with van der Waals surface area (Å²) < 4.78 is 39.0. The maximum Gasteiger partial charge on any atom is 0.416 e. The predicted molar refractivity (Wildman–Crippen MR) is 139 cm³/mol. The Kier molecular flexibility index (Phi) is 7.35. The van der Waals surface area contributed by atoms with E-state index >= 15 is 0 Å². The third-order valence-electron chi connectivity index (χ3n) is 6.15. The van der Waals surface area contributed by atoms with Gasteiger partial charge in [0, 0.05) is 28.6 Å². The van der Waals surface area contributed by atoms with Gasteiger partial charge in [0.15, 0.2) is 5.82 Å². The van der Waals surface area contributed by atoms with Crippen molar-refractivity contribution in [3.8, 4) is 0 Å². The third-order valence-corrected chi connectivity index (χ3v) is 7.81. The highest BCUT2D eigenvalue weighted by Crippen LogP contribution is 2.34. The van der Waals surface area contributed by atoms with Crippen LogP contribution < -0.4 is 10.6 Å². The van der Waals surface area contributed by atoms with Crippen LogP contribution in [0.2, 0.25) is 10.0 Å². The van der Waals surface area contributed by atoms with Gasteiger partial charge in [0.05, 0.1) is 5.56 Å². The predicted octanol–water partition coefficient (Wildman–Crippen LogP) is 7.29. The minimum atomic E-state index is -4.40. The van der Waals surface area contributed by atoms with Crippen LogP contribution in [0.1, 0.15) is 34.8 Å². The zero-order valence-corrected chi connectivity index (χ0v) is 21.3. The second-order valence-electron chi connectivity index (χ2n) is 8.72. The molecule has 11 heteroatoms. The van der Waals surface area contributed by atoms with E-state index in [1.807, 2.05) is 0 Å². The zero-order valence-electron chi connectivity index (χ0n) is 19.0. The molecule has 0 spiro atoms. The van der Waals surface area contributed by atoms with Crippen LogP contribution >= 0.6 is 34.5 Å². The van der Waals surface area contributed by atoms with Crippen LogP contribution in [0.15, 0.2) is 42.5 Å². The highest BCUT2D eigenvalue weighted by molar-refractivity contribution is 7.18. The monoisotopic (exact) mass is 551 g/mol. The molecule has 0 unspecified atom stereocenters. The molecule has 1 aliphatic heterocycles. The number of hydrogen-bond acceptors (Lipinski definition) is 6. The van der Waals surface area contributed by atoms with E-state index < -0.39 is 11.7 Å². The molecule has 2 N–H and O–H groups in total. The second kappa shape index (κ2) is 10.5. The molecule has 5 rings (SSSR count). The average molecular weight is 552 g/mol. The van der Waals surface area contributed by atoms with Crippen LogP contribution in [-0.4, -0.2) is 28.0 Å². The fraction of sp³-hybridized carbons (Fsp3) is 0.320. The lowest BCUT2D eigenvalue weighted by molar-refractivity contribution is -0.137. The van der Waals surface area contributed by atoms with Crippen molar-refractivity contribution >= 4 is 56.4 Å². The number of nitrogens with one attached hydrogen (secondary N) is 2. The molecule has 0 aliphatic carbocycles. The summed E-state index contributed by atoms with van der Waals surface area (Å²) in [6, 6.07) is 10.2. The molecule has 3 heterocycles. The van der Waals surface area contributed by atoms with Gasteiger partial charge >= 0.3 is 6.18 Å². The van der Waals surface area contributed by atoms with E-state index in [2.05, 4.69) is 10.6 Å². The van der Waals surface area contributed by atoms with Crippen LogP contribution in [0.4, 0.5) is 24.7 Å². The Morgan fingerprint density at radius 3 is 2.44 bits per heavy atom. The molecule has 1 atom stereocenters. The van der Waals surface area contributed by atoms with Gasteiger partial charge in [0.1, 0.15) is 21.2 Å². The van der Waals surface area contributed by atoms with Crippen LogP contribution in [0.3, 0.4) is 0 Å². The summed E-state index contributed by atoms with van der Waals surface area (Å²) in [5, 5.41) is 8.41. The first-order valence-corrected chi connectivity index (χ1v) is 13.1. The van der Waals surface area contributed by atoms with Gasteiger partial charge in [-0.1, -0.05) is 40.6 Å². The topological polar surface area (TPSA) is 62.7 Å². The van der Waals surface area contributed by atoms with Crippen molar-refractivity contribution in [2.75, 3.05) is 18.4 Å². The van der Waals surface area contributed by atoms with E-state index in [-0.39, 0.29) is 0 Å². The Bertz CT molecular complexity index is 1350. The molecule has 1 fully saturated rings. The Morgan fingerprint density at radius 1 is 1.03 bits per heavy atom. The van der Waals surface area contributed by atoms with Gasteiger partial charge < -0.3 is 10.6 Å². The van der Waals surface area contributed by atoms with Gasteiger partial charge in [-0.25, -0.2) is 15.0 Å². The smallest absolute Gasteiger partial charge is 0.338 e. The average Bonchev–Trinajstić information content (AvgIpc) is 3.50. The standard InChI is InChI=1S/C25H22Cl2F3N5S/c26-18-2-1-3-19(27)17(18)12-21-35-22-23(32-16-7-5-15(6-8-16)25(28,29)30)33-20(34-24(22)36-21)9-4-14-10-11-31-13-14/h1-3,5-8,14,31H,4,9-13H2,(H,32,33,34)/t14-/m1/s1. The molecule has 1 aliphatic rings. The summed E-state index contributed by atoms with van der Waals surface area (Å²) in [6.07, 6.45) is -1.18. The molecular weight excluding hydrogens is 530 g/mol. The summed E-state index contributed by atoms with van der Waals surface area (Å²) >= 11 is 14.1. The summed E-state index contributed by atoms with van der Waals surface area (Å²) in [5.41, 5.74) is 1.11. The molecular formula is C25H22Cl2F3N5S. The molecule has 4 aromatic rings. The number of aromatic nitrogens is 3. The number of thiazole rings is 1. The van der Waals surface area contributed by atoms with Crippen molar-refractivity contribution in [2.45, 2.75) is 31.9 Å². The van der Waals surface area contributed by atoms with E-state index in [1.165, 1.54) is 23.5 Å². The molecule has 1 saturated heterocycles. The van der Waals surface area contributed by atoms with E-state index in [4.69, 9.17) is 38.2 Å². The van der Waals surface area contributed by atoms with E-state index in [1.54, 1.807) is 18.2 Å². The van der Waals surface area contributed by atoms with Crippen LogP contribution in [0, 0.1) is 5.92 Å². The molecule has 5 nitrogen and oxygen atoms in total. The van der Waals surface area contributed by atoms with Crippen molar-refractivity contribution in [2.24, 2.45) is 5.92 Å². The Balaban J connectivity index is 1.47. The normalized spacial score (nSPS) is 16.1. The van der Waals surface area contributed by atoms with Crippen molar-refractivity contribution in [3.05, 3.63) is 74.5 Å². The molecule has 2 aromatic heterocycles. The largest absolute Gasteiger partial charge is 0.416 e. The van der Waals surface area contributed by atoms with E-state index in [0.29, 0.717) is 56.5 Å². The van der Waals surface area contributed by atoms with Crippen LogP contribution in [-0.2, 0) is 19.0 Å². The van der Waals surface area contributed by atoms with Gasteiger partial charge in [-0.3, -0.25) is 0 Å². The van der Waals surface area contributed by atoms with Gasteiger partial charge in [-0.05, 0) is 73.8 Å². The highest BCUT2D eigenvalue weighted by atomic mass is 35.5. The first-order chi connectivity index (χ1) is 17.3. The molecule has 0 radical (unpaired) electrons. The second-order valence-corrected chi connectivity index (χ2v) is 10.6. The number of halogens is 5. The van der Waals surface area contributed by atoms with Crippen molar-refractivity contribution in [3.63, 3.8) is 0 Å². The highest BCUT2D eigenvalue weighted by Gasteiger charge is 2.30. The molecule has 2 aromatic carbocycles. The van der Waals surface area contributed by atoms with E-state index in [0.717, 1.165) is 48.6 Å². The van der Waals surface area contributed by atoms with Crippen molar-refractivity contribution in [1.82, 2.24) is 20.3 Å². The lowest BCUT2D eigenvalue weighted by Gasteiger charge is -2.11. The summed E-state index contributed by atoms with van der Waals surface area (Å²) in [5.74, 6) is 1.72. The Hall–Kier alpha value is -2.46. The van der Waals surface area contributed by atoms with Gasteiger partial charge in [-0.15, -0.1) is 0 Å². The first kappa shape index (κ1) is 25.2. The lowest BCUT2D eigenvalue weighted by Crippen LogP contribution is -2.10. The van der Waals surface area contributed by atoms with Gasteiger partial charge in [0.25, 0.3) is 0 Å². The first-order valence-electron chi connectivity index (χ1n) is 11.5. The fourth-order valence-electron chi connectivity index (χ4n) is 4.21. The minimum absolute atomic E-state index is 0.433. The number of fused-ring (bicyclic) bond motifs is 1. The fourth-order valence-corrected chi connectivity index (χ4v) is 5.71. The Labute approximate surface area is 220 Å². The number of nitrogens with zero attached hydrogens (tertiary/aromatic N) is 3. The number of aryl methyl sites for hydroxylation is 1. The molecule has 0 saturated carbocycles. The summed E-state index contributed by atoms with van der Waals surface area (Å²) in [6.45, 7) is 2.01. The van der Waals surface area contributed by atoms with Gasteiger partial charge in [0.2, 0.25) is 0 Å². The number of hydrogen-bond donors (Lipinski definition) is 2.